The van der Waals surface area contributed by atoms with Gasteiger partial charge in [-0.25, -0.2) is 0 Å². The van der Waals surface area contributed by atoms with E-state index in [1.54, 1.807) is 0 Å². The van der Waals surface area contributed by atoms with Crippen molar-refractivity contribution in [1.82, 2.24) is 0 Å². The lowest BCUT2D eigenvalue weighted by atomic mass is 9.89. The standard InChI is InChI=1S/C9H19NO2/c1-5-7(9(11)12-4)8(10)6(2)3/h6-8H,5,10H2,1-4H3. The van der Waals surface area contributed by atoms with Crippen molar-refractivity contribution < 1.29 is 9.53 Å². The van der Waals surface area contributed by atoms with E-state index in [1.165, 1.54) is 7.11 Å². The molecule has 0 aliphatic carbocycles. The molecule has 0 aliphatic heterocycles. The third kappa shape index (κ3) is 2.81. The molecule has 2 unspecified atom stereocenters. The maximum absolute atomic E-state index is 11.2. The first-order valence-electron chi connectivity index (χ1n) is 4.38. The molecule has 0 aromatic rings. The number of rotatable bonds is 4. The number of carbonyl (C=O) groups excluding carboxylic acids is 1. The van der Waals surface area contributed by atoms with Crippen LogP contribution < -0.4 is 5.73 Å². The van der Waals surface area contributed by atoms with Crippen molar-refractivity contribution in [1.29, 1.82) is 0 Å². The van der Waals surface area contributed by atoms with Gasteiger partial charge in [-0.15, -0.1) is 0 Å². The molecule has 0 aliphatic rings. The predicted octanol–water partition coefficient (Wildman–Crippen LogP) is 1.17. The Morgan fingerprint density at radius 1 is 1.50 bits per heavy atom. The van der Waals surface area contributed by atoms with E-state index >= 15 is 0 Å². The second kappa shape index (κ2) is 5.14. The molecule has 12 heavy (non-hydrogen) atoms. The molecular weight excluding hydrogens is 154 g/mol. The number of carbonyl (C=O) groups is 1. The first kappa shape index (κ1) is 11.4. The summed E-state index contributed by atoms with van der Waals surface area (Å²) in [6.07, 6.45) is 0.742. The molecule has 0 aromatic carbocycles. The third-order valence-corrected chi connectivity index (χ3v) is 2.18. The summed E-state index contributed by atoms with van der Waals surface area (Å²) in [5.41, 5.74) is 5.85. The SMILES string of the molecule is CCC(C(=O)OC)C(N)C(C)C. The number of hydrogen-bond donors (Lipinski definition) is 1. The minimum Gasteiger partial charge on any atom is -0.469 e. The van der Waals surface area contributed by atoms with E-state index in [1.807, 2.05) is 20.8 Å². The molecule has 2 atom stereocenters. The lowest BCUT2D eigenvalue weighted by molar-refractivity contribution is -0.146. The van der Waals surface area contributed by atoms with Crippen LogP contribution in [-0.4, -0.2) is 19.1 Å². The molecule has 0 heterocycles. The summed E-state index contributed by atoms with van der Waals surface area (Å²) in [6, 6.07) is -0.0950. The Bertz CT molecular complexity index is 145. The van der Waals surface area contributed by atoms with Gasteiger partial charge in [-0.05, 0) is 12.3 Å². The fourth-order valence-corrected chi connectivity index (χ4v) is 1.21. The largest absolute Gasteiger partial charge is 0.469 e. The Balaban J connectivity index is 4.23. The molecule has 0 saturated carbocycles. The van der Waals surface area contributed by atoms with Crippen LogP contribution in [0.15, 0.2) is 0 Å². The summed E-state index contributed by atoms with van der Waals surface area (Å²) in [4.78, 5) is 11.2. The second-order valence-electron chi connectivity index (χ2n) is 3.36. The van der Waals surface area contributed by atoms with Gasteiger partial charge in [0.05, 0.1) is 13.0 Å². The van der Waals surface area contributed by atoms with E-state index in [2.05, 4.69) is 4.74 Å². The molecule has 2 N–H and O–H groups in total. The van der Waals surface area contributed by atoms with Gasteiger partial charge < -0.3 is 10.5 Å². The zero-order chi connectivity index (χ0) is 9.72. The highest BCUT2D eigenvalue weighted by atomic mass is 16.5. The average Bonchev–Trinajstić information content (AvgIpc) is 2.05. The van der Waals surface area contributed by atoms with E-state index in [9.17, 15) is 4.79 Å². The molecule has 0 rings (SSSR count). The normalized spacial score (nSPS) is 15.8. The summed E-state index contributed by atoms with van der Waals surface area (Å²) < 4.78 is 4.66. The van der Waals surface area contributed by atoms with Gasteiger partial charge in [-0.3, -0.25) is 4.79 Å². The maximum atomic E-state index is 11.2. The van der Waals surface area contributed by atoms with Crippen molar-refractivity contribution in [3.05, 3.63) is 0 Å². The predicted molar refractivity (Wildman–Crippen MR) is 48.6 cm³/mol. The van der Waals surface area contributed by atoms with E-state index in [0.29, 0.717) is 5.92 Å². The molecule has 0 fully saturated rings. The van der Waals surface area contributed by atoms with Gasteiger partial charge in [0.2, 0.25) is 0 Å². The first-order valence-corrected chi connectivity index (χ1v) is 4.38. The molecule has 72 valence electrons. The van der Waals surface area contributed by atoms with E-state index < -0.39 is 0 Å². The monoisotopic (exact) mass is 173 g/mol. The third-order valence-electron chi connectivity index (χ3n) is 2.18. The molecule has 0 saturated heterocycles. The van der Waals surface area contributed by atoms with Crippen molar-refractivity contribution in [3.63, 3.8) is 0 Å². The molecule has 3 nitrogen and oxygen atoms in total. The number of methoxy groups -OCH3 is 1. The molecule has 3 heteroatoms. The molecule has 0 aromatic heterocycles. The lowest BCUT2D eigenvalue weighted by Crippen LogP contribution is -2.39. The molecule has 0 spiro atoms. The fourth-order valence-electron chi connectivity index (χ4n) is 1.21. The summed E-state index contributed by atoms with van der Waals surface area (Å²) in [5, 5.41) is 0. The summed E-state index contributed by atoms with van der Waals surface area (Å²) >= 11 is 0. The van der Waals surface area contributed by atoms with Crippen LogP contribution in [0, 0.1) is 11.8 Å². The van der Waals surface area contributed by atoms with E-state index in [-0.39, 0.29) is 17.9 Å². The van der Waals surface area contributed by atoms with Crippen LogP contribution in [0.1, 0.15) is 27.2 Å². The summed E-state index contributed by atoms with van der Waals surface area (Å²) in [6.45, 7) is 5.97. The average molecular weight is 173 g/mol. The highest BCUT2D eigenvalue weighted by Crippen LogP contribution is 2.15. The Morgan fingerprint density at radius 3 is 2.25 bits per heavy atom. The fraction of sp³-hybridized carbons (Fsp3) is 0.889. The van der Waals surface area contributed by atoms with E-state index in [4.69, 9.17) is 5.73 Å². The van der Waals surface area contributed by atoms with Crippen molar-refractivity contribution in [3.8, 4) is 0 Å². The van der Waals surface area contributed by atoms with Crippen molar-refractivity contribution >= 4 is 5.97 Å². The smallest absolute Gasteiger partial charge is 0.310 e. The Morgan fingerprint density at radius 2 is 2.00 bits per heavy atom. The Hall–Kier alpha value is -0.570. The minimum absolute atomic E-state index is 0.0950. The van der Waals surface area contributed by atoms with Crippen molar-refractivity contribution in [2.24, 2.45) is 17.6 Å². The topological polar surface area (TPSA) is 52.3 Å². The number of esters is 1. The van der Waals surface area contributed by atoms with Crippen LogP contribution >= 0.6 is 0 Å². The lowest BCUT2D eigenvalue weighted by Gasteiger charge is -2.23. The van der Waals surface area contributed by atoms with Gasteiger partial charge in [0.25, 0.3) is 0 Å². The Kier molecular flexibility index (Phi) is 4.90. The van der Waals surface area contributed by atoms with Crippen molar-refractivity contribution in [2.75, 3.05) is 7.11 Å². The van der Waals surface area contributed by atoms with Gasteiger partial charge in [-0.1, -0.05) is 20.8 Å². The van der Waals surface area contributed by atoms with Gasteiger partial charge in [0.1, 0.15) is 0 Å². The molecule has 0 bridgehead atoms. The van der Waals surface area contributed by atoms with Crippen LogP contribution in [0.3, 0.4) is 0 Å². The summed E-state index contributed by atoms with van der Waals surface area (Å²) in [7, 11) is 1.40. The zero-order valence-corrected chi connectivity index (χ0v) is 8.33. The maximum Gasteiger partial charge on any atom is 0.310 e. The molecule has 0 radical (unpaired) electrons. The minimum atomic E-state index is -0.196. The summed E-state index contributed by atoms with van der Waals surface area (Å²) in [5.74, 6) is -0.0391. The van der Waals surface area contributed by atoms with Gasteiger partial charge >= 0.3 is 5.97 Å². The number of nitrogens with two attached hydrogens (primary N) is 1. The highest BCUT2D eigenvalue weighted by Gasteiger charge is 2.26. The van der Waals surface area contributed by atoms with Crippen LogP contribution in [0.25, 0.3) is 0 Å². The second-order valence-corrected chi connectivity index (χ2v) is 3.36. The van der Waals surface area contributed by atoms with Crippen molar-refractivity contribution in [2.45, 2.75) is 33.2 Å². The number of hydrogen-bond acceptors (Lipinski definition) is 3. The van der Waals surface area contributed by atoms with Crippen LogP contribution in [0.2, 0.25) is 0 Å². The van der Waals surface area contributed by atoms with Gasteiger partial charge in [0, 0.05) is 6.04 Å². The van der Waals surface area contributed by atoms with Crippen LogP contribution in [0.5, 0.6) is 0 Å². The number of ether oxygens (including phenoxy) is 1. The van der Waals surface area contributed by atoms with E-state index in [0.717, 1.165) is 6.42 Å². The Labute approximate surface area is 74.3 Å². The zero-order valence-electron chi connectivity index (χ0n) is 8.33. The van der Waals surface area contributed by atoms with Gasteiger partial charge in [0.15, 0.2) is 0 Å². The molecular formula is C9H19NO2. The van der Waals surface area contributed by atoms with Crippen LogP contribution in [-0.2, 0) is 9.53 Å². The van der Waals surface area contributed by atoms with Crippen LogP contribution in [0.4, 0.5) is 0 Å². The highest BCUT2D eigenvalue weighted by molar-refractivity contribution is 5.73. The van der Waals surface area contributed by atoms with Gasteiger partial charge in [-0.2, -0.15) is 0 Å². The molecule has 0 amide bonds. The first-order chi connectivity index (χ1) is 5.54. The quantitative estimate of drug-likeness (QED) is 0.649.